The lowest BCUT2D eigenvalue weighted by Crippen LogP contribution is -2.27. The van der Waals surface area contributed by atoms with Gasteiger partial charge < -0.3 is 14.2 Å². The van der Waals surface area contributed by atoms with Crippen molar-refractivity contribution in [3.63, 3.8) is 0 Å². The second-order valence-electron chi connectivity index (χ2n) is 6.94. The first-order valence-corrected chi connectivity index (χ1v) is 9.54. The van der Waals surface area contributed by atoms with Crippen molar-refractivity contribution in [3.05, 3.63) is 69.8 Å². The third-order valence-electron chi connectivity index (χ3n) is 4.99. The topological polar surface area (TPSA) is 36.7 Å². The fraction of sp³-hybridized carbons (Fsp3) is 0.318. The number of rotatable bonds is 6. The Morgan fingerprint density at radius 2 is 1.63 bits per heavy atom. The molecule has 0 unspecified atom stereocenters. The number of nitrogens with zero attached hydrogens (tertiary/aromatic N) is 2. The Morgan fingerprint density at radius 1 is 1.00 bits per heavy atom. The van der Waals surface area contributed by atoms with Crippen LogP contribution in [0.25, 0.3) is 11.0 Å². The van der Waals surface area contributed by atoms with Crippen LogP contribution in [0.5, 0.6) is 0 Å². The molecule has 0 aliphatic heterocycles. The highest BCUT2D eigenvalue weighted by molar-refractivity contribution is 5.98. The third kappa shape index (κ3) is 4.27. The summed E-state index contributed by atoms with van der Waals surface area (Å²) in [4.78, 5) is 15.7. The van der Waals surface area contributed by atoms with Crippen LogP contribution in [-0.4, -0.2) is 20.1 Å². The molecule has 0 aliphatic carbocycles. The van der Waals surface area contributed by atoms with Crippen molar-refractivity contribution in [2.75, 3.05) is 29.9 Å². The zero-order chi connectivity index (χ0) is 22.1. The van der Waals surface area contributed by atoms with Crippen LogP contribution in [0.15, 0.2) is 51.7 Å². The molecule has 160 valence electrons. The van der Waals surface area contributed by atoms with E-state index >= 15 is 0 Å². The molecule has 0 fully saturated rings. The highest BCUT2D eigenvalue weighted by atomic mass is 19.4. The van der Waals surface area contributed by atoms with Gasteiger partial charge in [0.15, 0.2) is 5.58 Å². The Kier molecular flexibility index (Phi) is 6.05. The molecule has 0 radical (unpaired) electrons. The molecular weight excluding hydrogens is 400 g/mol. The van der Waals surface area contributed by atoms with Crippen LogP contribution in [0.1, 0.15) is 25.0 Å². The molecule has 0 spiro atoms. The molecule has 3 rings (SSSR count). The normalized spacial score (nSPS) is 11.7. The Labute approximate surface area is 171 Å². The van der Waals surface area contributed by atoms with Crippen molar-refractivity contribution in [1.82, 2.24) is 0 Å². The predicted molar refractivity (Wildman–Crippen MR) is 110 cm³/mol. The lowest BCUT2D eigenvalue weighted by molar-refractivity contribution is -0.136. The lowest BCUT2D eigenvalue weighted by Gasteiger charge is -2.30. The maximum atomic E-state index is 13.5. The molecule has 3 aromatic rings. The van der Waals surface area contributed by atoms with Crippen LogP contribution < -0.4 is 15.4 Å². The molecule has 8 heteroatoms. The lowest BCUT2D eigenvalue weighted by atomic mass is 10.1. The van der Waals surface area contributed by atoms with Gasteiger partial charge in [-0.25, -0.2) is 9.18 Å². The molecule has 0 aliphatic rings. The number of fused-ring (bicyclic) bond motifs is 1. The Bertz CT molecular complexity index is 1090. The van der Waals surface area contributed by atoms with Gasteiger partial charge in [-0.3, -0.25) is 0 Å². The van der Waals surface area contributed by atoms with Crippen LogP contribution >= 0.6 is 0 Å². The number of alkyl halides is 3. The second kappa shape index (κ2) is 8.38. The van der Waals surface area contributed by atoms with E-state index in [-0.39, 0.29) is 16.8 Å². The summed E-state index contributed by atoms with van der Waals surface area (Å²) in [6, 6.07) is 9.39. The fourth-order valence-electron chi connectivity index (χ4n) is 3.54. The minimum absolute atomic E-state index is 0.0954. The molecular formula is C22H22F4N2O2. The summed E-state index contributed by atoms with van der Waals surface area (Å²) in [6.45, 7) is 5.15. The SMILES string of the molecule is CCN(CC)c1c(N(C)Cc2ccc(F)cc2)ccc2c(C(F)(F)F)cc(=O)oc12. The van der Waals surface area contributed by atoms with Gasteiger partial charge in [0.1, 0.15) is 11.5 Å². The van der Waals surface area contributed by atoms with Gasteiger partial charge in [-0.1, -0.05) is 12.1 Å². The number of anilines is 2. The van der Waals surface area contributed by atoms with Crippen molar-refractivity contribution >= 4 is 22.3 Å². The van der Waals surface area contributed by atoms with Crippen LogP contribution in [-0.2, 0) is 12.7 Å². The van der Waals surface area contributed by atoms with Crippen molar-refractivity contribution < 1.29 is 22.0 Å². The van der Waals surface area contributed by atoms with Crippen LogP contribution in [0.2, 0.25) is 0 Å². The van der Waals surface area contributed by atoms with Gasteiger partial charge in [0.25, 0.3) is 0 Å². The van der Waals surface area contributed by atoms with Crippen molar-refractivity contribution in [3.8, 4) is 0 Å². The standard InChI is InChI=1S/C22H22F4N2O2/c1-4-28(5-2)20-18(27(3)13-14-6-8-15(23)9-7-14)11-10-16-17(22(24,25)26)12-19(29)30-21(16)20/h6-12H,4-5,13H2,1-3H3. The summed E-state index contributed by atoms with van der Waals surface area (Å²) < 4.78 is 59.1. The van der Waals surface area contributed by atoms with Gasteiger partial charge in [-0.15, -0.1) is 0 Å². The average Bonchev–Trinajstić information content (AvgIpc) is 2.69. The summed E-state index contributed by atoms with van der Waals surface area (Å²) in [6.07, 6.45) is -4.68. The molecule has 1 aromatic heterocycles. The van der Waals surface area contributed by atoms with Crippen molar-refractivity contribution in [2.24, 2.45) is 0 Å². The van der Waals surface area contributed by atoms with E-state index in [0.717, 1.165) is 5.56 Å². The summed E-state index contributed by atoms with van der Waals surface area (Å²) in [7, 11) is 1.78. The van der Waals surface area contributed by atoms with Crippen LogP contribution in [0.4, 0.5) is 28.9 Å². The molecule has 30 heavy (non-hydrogen) atoms. The van der Waals surface area contributed by atoms with Gasteiger partial charge in [0, 0.05) is 38.1 Å². The highest BCUT2D eigenvalue weighted by Crippen LogP contribution is 2.41. The summed E-state index contributed by atoms with van der Waals surface area (Å²) in [5.74, 6) is -0.350. The fourth-order valence-corrected chi connectivity index (χ4v) is 3.54. The predicted octanol–water partition coefficient (Wildman–Crippen LogP) is 5.43. The first-order valence-electron chi connectivity index (χ1n) is 9.54. The Hall–Kier alpha value is -3.03. The van der Waals surface area contributed by atoms with Crippen LogP contribution in [0, 0.1) is 5.82 Å². The molecule has 1 heterocycles. The highest BCUT2D eigenvalue weighted by Gasteiger charge is 2.35. The number of benzene rings is 2. The smallest absolute Gasteiger partial charge is 0.417 e. The van der Waals surface area contributed by atoms with E-state index in [1.165, 1.54) is 18.2 Å². The van der Waals surface area contributed by atoms with Gasteiger partial charge >= 0.3 is 11.8 Å². The molecule has 0 amide bonds. The second-order valence-corrected chi connectivity index (χ2v) is 6.94. The van der Waals surface area contributed by atoms with Crippen LogP contribution in [0.3, 0.4) is 0 Å². The van der Waals surface area contributed by atoms with Gasteiger partial charge in [-0.2, -0.15) is 13.2 Å². The number of halogens is 4. The van der Waals surface area contributed by atoms with Crippen molar-refractivity contribution in [2.45, 2.75) is 26.6 Å². The van der Waals surface area contributed by atoms with E-state index in [2.05, 4.69) is 0 Å². The molecule has 0 bridgehead atoms. The molecule has 0 N–H and O–H groups in total. The van der Waals surface area contributed by atoms with E-state index in [4.69, 9.17) is 4.42 Å². The van der Waals surface area contributed by atoms with E-state index in [1.807, 2.05) is 23.6 Å². The largest absolute Gasteiger partial charge is 0.420 e. The molecule has 2 aromatic carbocycles. The first-order chi connectivity index (χ1) is 14.2. The molecule has 4 nitrogen and oxygen atoms in total. The molecule has 0 saturated heterocycles. The molecule has 0 atom stereocenters. The zero-order valence-electron chi connectivity index (χ0n) is 16.9. The summed E-state index contributed by atoms with van der Waals surface area (Å²) >= 11 is 0. The molecule has 0 saturated carbocycles. The number of hydrogen-bond donors (Lipinski definition) is 0. The van der Waals surface area contributed by atoms with Gasteiger partial charge in [-0.05, 0) is 43.7 Å². The van der Waals surface area contributed by atoms with E-state index < -0.39 is 17.4 Å². The summed E-state index contributed by atoms with van der Waals surface area (Å²) in [5.41, 5.74) is -0.309. The van der Waals surface area contributed by atoms with Gasteiger partial charge in [0.05, 0.1) is 11.3 Å². The zero-order valence-corrected chi connectivity index (χ0v) is 16.9. The summed E-state index contributed by atoms with van der Waals surface area (Å²) in [5, 5.41) is -0.164. The minimum atomic E-state index is -4.68. The number of hydrogen-bond acceptors (Lipinski definition) is 4. The van der Waals surface area contributed by atoms with E-state index in [9.17, 15) is 22.4 Å². The monoisotopic (exact) mass is 422 g/mol. The third-order valence-corrected chi connectivity index (χ3v) is 4.99. The average molecular weight is 422 g/mol. The quantitative estimate of drug-likeness (QED) is 0.392. The first kappa shape index (κ1) is 21.7. The van der Waals surface area contributed by atoms with E-state index in [0.29, 0.717) is 37.1 Å². The Morgan fingerprint density at radius 3 is 2.20 bits per heavy atom. The Balaban J connectivity index is 2.22. The van der Waals surface area contributed by atoms with E-state index in [1.54, 1.807) is 25.2 Å². The maximum absolute atomic E-state index is 13.5. The maximum Gasteiger partial charge on any atom is 0.417 e. The van der Waals surface area contributed by atoms with Gasteiger partial charge in [0.2, 0.25) is 0 Å². The minimum Gasteiger partial charge on any atom is -0.420 e. The van der Waals surface area contributed by atoms with Crippen molar-refractivity contribution in [1.29, 1.82) is 0 Å².